The Morgan fingerprint density at radius 2 is 1.89 bits per heavy atom. The summed E-state index contributed by atoms with van der Waals surface area (Å²) in [6.45, 7) is 7.04. The van der Waals surface area contributed by atoms with Gasteiger partial charge in [0, 0.05) is 18.1 Å². The van der Waals surface area contributed by atoms with E-state index in [1.807, 2.05) is 0 Å². The molecule has 0 bridgehead atoms. The summed E-state index contributed by atoms with van der Waals surface area (Å²) < 4.78 is 0. The zero-order chi connectivity index (χ0) is 13.8. The normalized spacial score (nSPS) is 24.2. The van der Waals surface area contributed by atoms with Gasteiger partial charge in [0.05, 0.1) is 6.61 Å². The van der Waals surface area contributed by atoms with Crippen LogP contribution in [0.25, 0.3) is 0 Å². The van der Waals surface area contributed by atoms with Crippen molar-refractivity contribution in [2.45, 2.75) is 77.4 Å². The molecule has 1 saturated carbocycles. The Morgan fingerprint density at radius 1 is 1.33 bits per heavy atom. The predicted molar refractivity (Wildman–Crippen MR) is 77.6 cm³/mol. The van der Waals surface area contributed by atoms with Crippen LogP contribution in [0.1, 0.15) is 59.3 Å². The quantitative estimate of drug-likeness (QED) is 0.767. The highest BCUT2D eigenvalue weighted by molar-refractivity contribution is 4.88. The summed E-state index contributed by atoms with van der Waals surface area (Å²) in [5.41, 5.74) is 6.70. The van der Waals surface area contributed by atoms with Crippen LogP contribution < -0.4 is 5.73 Å². The molecular weight excluding hydrogens is 224 g/mol. The molecule has 0 aromatic carbocycles. The zero-order valence-corrected chi connectivity index (χ0v) is 12.7. The third-order valence-corrected chi connectivity index (χ3v) is 4.71. The Kier molecular flexibility index (Phi) is 6.09. The van der Waals surface area contributed by atoms with Gasteiger partial charge in [-0.2, -0.15) is 0 Å². The molecule has 2 unspecified atom stereocenters. The van der Waals surface area contributed by atoms with Gasteiger partial charge in [-0.05, 0) is 44.6 Å². The molecule has 18 heavy (non-hydrogen) atoms. The molecule has 3 nitrogen and oxygen atoms in total. The van der Waals surface area contributed by atoms with E-state index in [4.69, 9.17) is 5.73 Å². The van der Waals surface area contributed by atoms with Crippen molar-refractivity contribution in [3.05, 3.63) is 0 Å². The van der Waals surface area contributed by atoms with Crippen LogP contribution in [0.2, 0.25) is 0 Å². The molecule has 3 heteroatoms. The van der Waals surface area contributed by atoms with Crippen LogP contribution >= 0.6 is 0 Å². The number of rotatable bonds is 6. The zero-order valence-electron chi connectivity index (χ0n) is 12.7. The highest BCUT2D eigenvalue weighted by atomic mass is 16.3. The lowest BCUT2D eigenvalue weighted by atomic mass is 9.75. The molecule has 0 saturated heterocycles. The van der Waals surface area contributed by atoms with Crippen LogP contribution in [0.15, 0.2) is 0 Å². The molecule has 0 aliphatic heterocycles. The largest absolute Gasteiger partial charge is 0.395 e. The van der Waals surface area contributed by atoms with E-state index in [1.165, 1.54) is 25.7 Å². The molecule has 3 N–H and O–H groups in total. The fourth-order valence-corrected chi connectivity index (χ4v) is 3.15. The molecule has 1 fully saturated rings. The first kappa shape index (κ1) is 15.9. The minimum absolute atomic E-state index is 0.0972. The van der Waals surface area contributed by atoms with Crippen molar-refractivity contribution >= 4 is 0 Å². The van der Waals surface area contributed by atoms with E-state index in [0.717, 1.165) is 12.8 Å². The van der Waals surface area contributed by atoms with E-state index < -0.39 is 0 Å². The summed E-state index contributed by atoms with van der Waals surface area (Å²) in [5, 5.41) is 9.61. The topological polar surface area (TPSA) is 49.5 Å². The summed E-state index contributed by atoms with van der Waals surface area (Å²) in [6, 6.07) is 0.814. The number of nitrogens with zero attached hydrogens (tertiary/aromatic N) is 1. The average molecular weight is 256 g/mol. The van der Waals surface area contributed by atoms with Crippen LogP contribution in [0.3, 0.4) is 0 Å². The molecule has 0 radical (unpaired) electrons. The second-order valence-electron chi connectivity index (χ2n) is 6.76. The molecule has 108 valence electrons. The van der Waals surface area contributed by atoms with Gasteiger partial charge in [-0.3, -0.25) is 4.90 Å². The molecule has 0 aromatic rings. The number of likely N-dealkylation sites (N-methyl/N-ethyl adjacent to an activating group) is 1. The Labute approximate surface area is 113 Å². The molecule has 0 heterocycles. The van der Waals surface area contributed by atoms with Crippen LogP contribution in [0, 0.1) is 5.41 Å². The number of hydrogen-bond donors (Lipinski definition) is 2. The van der Waals surface area contributed by atoms with Crippen LogP contribution in [0.5, 0.6) is 0 Å². The number of hydrogen-bond acceptors (Lipinski definition) is 3. The number of nitrogens with two attached hydrogens (primary N) is 1. The van der Waals surface area contributed by atoms with Crippen LogP contribution in [-0.4, -0.2) is 41.8 Å². The second-order valence-corrected chi connectivity index (χ2v) is 6.76. The van der Waals surface area contributed by atoms with E-state index >= 15 is 0 Å². The van der Waals surface area contributed by atoms with Crippen molar-refractivity contribution in [3.8, 4) is 0 Å². The van der Waals surface area contributed by atoms with Gasteiger partial charge in [0.2, 0.25) is 0 Å². The van der Waals surface area contributed by atoms with Gasteiger partial charge in [0.1, 0.15) is 0 Å². The van der Waals surface area contributed by atoms with Crippen molar-refractivity contribution in [2.75, 3.05) is 13.7 Å². The fraction of sp³-hybridized carbons (Fsp3) is 1.00. The standard InChI is InChI=1S/C15H32N2O/c1-5-6-13(16)14(11-18)17(4)12-7-9-15(2,3)10-8-12/h12-14,18H,5-11,16H2,1-4H3. The first-order chi connectivity index (χ1) is 8.41. The number of aliphatic hydroxyl groups excluding tert-OH is 1. The number of aliphatic hydroxyl groups is 1. The molecular formula is C15H32N2O. The first-order valence-electron chi connectivity index (χ1n) is 7.49. The first-order valence-corrected chi connectivity index (χ1v) is 7.49. The molecule has 1 rings (SSSR count). The van der Waals surface area contributed by atoms with Crippen molar-refractivity contribution < 1.29 is 5.11 Å². The van der Waals surface area contributed by atoms with Crippen LogP contribution in [0.4, 0.5) is 0 Å². The Balaban J connectivity index is 2.54. The van der Waals surface area contributed by atoms with Gasteiger partial charge < -0.3 is 10.8 Å². The van der Waals surface area contributed by atoms with Gasteiger partial charge in [-0.15, -0.1) is 0 Å². The average Bonchev–Trinajstić information content (AvgIpc) is 2.30. The van der Waals surface area contributed by atoms with Crippen molar-refractivity contribution in [1.29, 1.82) is 0 Å². The van der Waals surface area contributed by atoms with Gasteiger partial charge in [0.25, 0.3) is 0 Å². The van der Waals surface area contributed by atoms with E-state index in [2.05, 4.69) is 32.7 Å². The van der Waals surface area contributed by atoms with Gasteiger partial charge >= 0.3 is 0 Å². The van der Waals surface area contributed by atoms with E-state index in [-0.39, 0.29) is 18.7 Å². The van der Waals surface area contributed by atoms with E-state index in [9.17, 15) is 5.11 Å². The third-order valence-electron chi connectivity index (χ3n) is 4.71. The molecule has 2 atom stereocenters. The Bertz CT molecular complexity index is 233. The van der Waals surface area contributed by atoms with Gasteiger partial charge in [-0.1, -0.05) is 27.2 Å². The van der Waals surface area contributed by atoms with Crippen molar-refractivity contribution in [1.82, 2.24) is 4.90 Å². The summed E-state index contributed by atoms with van der Waals surface area (Å²) in [6.07, 6.45) is 7.11. The summed E-state index contributed by atoms with van der Waals surface area (Å²) in [4.78, 5) is 2.34. The van der Waals surface area contributed by atoms with E-state index in [1.54, 1.807) is 0 Å². The second kappa shape index (κ2) is 6.88. The maximum atomic E-state index is 9.61. The molecule has 1 aliphatic carbocycles. The lowest BCUT2D eigenvalue weighted by molar-refractivity contribution is 0.0519. The fourth-order valence-electron chi connectivity index (χ4n) is 3.15. The molecule has 0 spiro atoms. The summed E-state index contributed by atoms with van der Waals surface area (Å²) in [5.74, 6) is 0. The molecule has 0 aromatic heterocycles. The highest BCUT2D eigenvalue weighted by Gasteiger charge is 2.32. The minimum Gasteiger partial charge on any atom is -0.395 e. The lowest BCUT2D eigenvalue weighted by Crippen LogP contribution is -2.53. The minimum atomic E-state index is 0.0972. The maximum absolute atomic E-state index is 9.61. The van der Waals surface area contributed by atoms with Crippen molar-refractivity contribution in [3.63, 3.8) is 0 Å². The summed E-state index contributed by atoms with van der Waals surface area (Å²) >= 11 is 0. The third kappa shape index (κ3) is 4.22. The Hall–Kier alpha value is -0.120. The maximum Gasteiger partial charge on any atom is 0.0601 e. The summed E-state index contributed by atoms with van der Waals surface area (Å²) in [7, 11) is 2.14. The predicted octanol–water partition coefficient (Wildman–Crippen LogP) is 2.38. The highest BCUT2D eigenvalue weighted by Crippen LogP contribution is 2.37. The molecule has 1 aliphatic rings. The van der Waals surface area contributed by atoms with Gasteiger partial charge in [0.15, 0.2) is 0 Å². The van der Waals surface area contributed by atoms with E-state index in [0.29, 0.717) is 11.5 Å². The smallest absolute Gasteiger partial charge is 0.0601 e. The lowest BCUT2D eigenvalue weighted by Gasteiger charge is -2.42. The Morgan fingerprint density at radius 3 is 2.33 bits per heavy atom. The van der Waals surface area contributed by atoms with Crippen molar-refractivity contribution in [2.24, 2.45) is 11.1 Å². The molecule has 0 amide bonds. The monoisotopic (exact) mass is 256 g/mol. The van der Waals surface area contributed by atoms with Crippen LogP contribution in [-0.2, 0) is 0 Å². The van der Waals surface area contributed by atoms with Gasteiger partial charge in [-0.25, -0.2) is 0 Å². The SMILES string of the molecule is CCCC(N)C(CO)N(C)C1CCC(C)(C)CC1.